The number of carbonyl (C=O) groups excluding carboxylic acids is 1. The van der Waals surface area contributed by atoms with Crippen LogP contribution in [0.3, 0.4) is 0 Å². The van der Waals surface area contributed by atoms with E-state index in [1.165, 1.54) is 28.9 Å². The summed E-state index contributed by atoms with van der Waals surface area (Å²) in [4.78, 5) is 25.7. The van der Waals surface area contributed by atoms with Gasteiger partial charge in [-0.2, -0.15) is 13.2 Å². The van der Waals surface area contributed by atoms with Crippen molar-refractivity contribution < 1.29 is 32.3 Å². The lowest BCUT2D eigenvalue weighted by molar-refractivity contribution is -0.138. The number of hydroxylamine groups is 1. The molecule has 0 aliphatic rings. The maximum atomic E-state index is 14.8. The molecule has 0 fully saturated rings. The fraction of sp³-hybridized carbons (Fsp3) is 0.160. The fourth-order valence-corrected chi connectivity index (χ4v) is 4.10. The van der Waals surface area contributed by atoms with Crippen molar-refractivity contribution in [2.45, 2.75) is 12.7 Å². The number of aliphatic hydroxyl groups excluding tert-OH is 1. The largest absolute Gasteiger partial charge is 0.417 e. The van der Waals surface area contributed by atoms with Gasteiger partial charge in [-0.3, -0.25) is 14.6 Å². The predicted octanol–water partition coefficient (Wildman–Crippen LogP) is 4.77. The number of fused-ring (bicyclic) bond motifs is 2. The molecule has 0 atom stereocenters. The number of aliphatic hydroxyl groups is 1. The summed E-state index contributed by atoms with van der Waals surface area (Å²) in [7, 11) is 0. The standard InChI is InChI=1S/C25H17ClF4N6O3/c26-36(39-9-8-37)24(38)17-4-3-15(11-18(17)25(28,29)30)20-5-6-21-23(32-20)35(34-33-21)13-16-10-14-2-1-7-31-22(14)12-19(16)27/h1-7,10-12,37H,8-9,13H2. The van der Waals surface area contributed by atoms with Crippen molar-refractivity contribution >= 4 is 39.8 Å². The molecule has 0 aliphatic carbocycles. The van der Waals surface area contributed by atoms with Gasteiger partial charge in [-0.05, 0) is 36.4 Å². The zero-order chi connectivity index (χ0) is 27.7. The van der Waals surface area contributed by atoms with E-state index in [1.807, 2.05) is 0 Å². The first kappa shape index (κ1) is 26.4. The van der Waals surface area contributed by atoms with Gasteiger partial charge in [0.05, 0.1) is 42.1 Å². The molecule has 5 rings (SSSR count). The number of halogens is 5. The Bertz CT molecular complexity index is 1690. The smallest absolute Gasteiger partial charge is 0.394 e. The number of aromatic nitrogens is 5. The first-order valence-corrected chi connectivity index (χ1v) is 11.7. The molecule has 0 spiro atoms. The van der Waals surface area contributed by atoms with Crippen LogP contribution in [0.15, 0.2) is 60.8 Å². The molecule has 0 aliphatic heterocycles. The van der Waals surface area contributed by atoms with E-state index in [0.29, 0.717) is 16.6 Å². The molecule has 0 saturated heterocycles. The van der Waals surface area contributed by atoms with Crippen LogP contribution in [0.4, 0.5) is 17.6 Å². The van der Waals surface area contributed by atoms with Crippen molar-refractivity contribution in [2.24, 2.45) is 0 Å². The molecule has 1 N–H and O–H groups in total. The number of benzene rings is 2. The summed E-state index contributed by atoms with van der Waals surface area (Å²) in [6.45, 7) is -0.920. The van der Waals surface area contributed by atoms with Crippen molar-refractivity contribution in [1.82, 2.24) is 29.5 Å². The summed E-state index contributed by atoms with van der Waals surface area (Å²) < 4.78 is 57.9. The summed E-state index contributed by atoms with van der Waals surface area (Å²) >= 11 is 5.63. The fourth-order valence-electron chi connectivity index (χ4n) is 3.94. The first-order chi connectivity index (χ1) is 18.7. The number of nitrogens with zero attached hydrogens (tertiary/aromatic N) is 6. The predicted molar refractivity (Wildman–Crippen MR) is 132 cm³/mol. The van der Waals surface area contributed by atoms with E-state index >= 15 is 0 Å². The third-order valence-electron chi connectivity index (χ3n) is 5.76. The van der Waals surface area contributed by atoms with Gasteiger partial charge in [0.2, 0.25) is 0 Å². The third-order valence-corrected chi connectivity index (χ3v) is 6.01. The number of pyridine rings is 2. The molecule has 0 bridgehead atoms. The number of hydrogen-bond donors (Lipinski definition) is 1. The highest BCUT2D eigenvalue weighted by Gasteiger charge is 2.37. The van der Waals surface area contributed by atoms with Gasteiger partial charge in [-0.15, -0.1) is 9.68 Å². The molecule has 0 radical (unpaired) electrons. The topological polar surface area (TPSA) is 106 Å². The lowest BCUT2D eigenvalue weighted by atomic mass is 10.0. The molecule has 5 aromatic rings. The zero-order valence-electron chi connectivity index (χ0n) is 19.7. The Morgan fingerprint density at radius 1 is 1.10 bits per heavy atom. The molecule has 200 valence electrons. The number of carbonyl (C=O) groups is 1. The Hall–Kier alpha value is -4.20. The minimum absolute atomic E-state index is 0.0374. The SMILES string of the molecule is O=C(c1ccc(-c2ccc3nnn(Cc4cc5cccnc5cc4F)c3n2)cc1C(F)(F)F)N(Cl)OCCO. The highest BCUT2D eigenvalue weighted by Crippen LogP contribution is 2.36. The van der Waals surface area contributed by atoms with Crippen molar-refractivity contribution in [3.8, 4) is 11.3 Å². The van der Waals surface area contributed by atoms with Crippen LogP contribution in [0, 0.1) is 5.82 Å². The van der Waals surface area contributed by atoms with Crippen LogP contribution in [0.25, 0.3) is 33.3 Å². The third kappa shape index (κ3) is 5.37. The molecule has 0 unspecified atom stereocenters. The Kier molecular flexibility index (Phi) is 7.12. The van der Waals surface area contributed by atoms with Crippen molar-refractivity contribution in [2.75, 3.05) is 13.2 Å². The summed E-state index contributed by atoms with van der Waals surface area (Å²) in [5.41, 5.74) is -0.476. The molecular formula is C25H17ClF4N6O3. The summed E-state index contributed by atoms with van der Waals surface area (Å²) in [5, 5.41) is 17.6. The zero-order valence-corrected chi connectivity index (χ0v) is 20.5. The van der Waals surface area contributed by atoms with Crippen LogP contribution in [-0.4, -0.2) is 53.8 Å². The normalized spacial score (nSPS) is 11.8. The molecule has 9 nitrogen and oxygen atoms in total. The quantitative estimate of drug-likeness (QED) is 0.174. The van der Waals surface area contributed by atoms with Gasteiger partial charge in [0, 0.05) is 40.6 Å². The number of hydrogen-bond acceptors (Lipinski definition) is 7. The van der Waals surface area contributed by atoms with Gasteiger partial charge in [0.1, 0.15) is 11.3 Å². The minimum Gasteiger partial charge on any atom is -0.394 e. The Morgan fingerprint density at radius 3 is 2.69 bits per heavy atom. The van der Waals surface area contributed by atoms with Crippen molar-refractivity contribution in [3.63, 3.8) is 0 Å². The van der Waals surface area contributed by atoms with Gasteiger partial charge >= 0.3 is 6.18 Å². The lowest BCUT2D eigenvalue weighted by Gasteiger charge is -2.17. The molecule has 39 heavy (non-hydrogen) atoms. The number of alkyl halides is 3. The molecule has 0 saturated carbocycles. The number of amides is 1. The van der Waals surface area contributed by atoms with E-state index in [9.17, 15) is 22.4 Å². The Morgan fingerprint density at radius 2 is 1.92 bits per heavy atom. The van der Waals surface area contributed by atoms with E-state index in [2.05, 4.69) is 20.3 Å². The second kappa shape index (κ2) is 10.5. The van der Waals surface area contributed by atoms with E-state index in [-0.39, 0.29) is 34.6 Å². The maximum absolute atomic E-state index is 14.8. The first-order valence-electron chi connectivity index (χ1n) is 11.3. The highest BCUT2D eigenvalue weighted by molar-refractivity contribution is 6.23. The van der Waals surface area contributed by atoms with Gasteiger partial charge < -0.3 is 5.11 Å². The second-order valence-corrected chi connectivity index (χ2v) is 8.60. The van der Waals surface area contributed by atoms with Crippen LogP contribution < -0.4 is 0 Å². The van der Waals surface area contributed by atoms with Crippen LogP contribution in [0.5, 0.6) is 0 Å². The summed E-state index contributed by atoms with van der Waals surface area (Å²) in [6, 6.07) is 12.4. The van der Waals surface area contributed by atoms with Crippen LogP contribution in [0.1, 0.15) is 21.5 Å². The lowest BCUT2D eigenvalue weighted by Crippen LogP contribution is -2.26. The van der Waals surface area contributed by atoms with E-state index in [4.69, 9.17) is 21.7 Å². The molecule has 14 heteroatoms. The average molecular weight is 561 g/mol. The van der Waals surface area contributed by atoms with Gasteiger partial charge in [-0.25, -0.2) is 14.1 Å². The van der Waals surface area contributed by atoms with Gasteiger partial charge in [0.15, 0.2) is 5.65 Å². The van der Waals surface area contributed by atoms with E-state index in [0.717, 1.165) is 17.5 Å². The highest BCUT2D eigenvalue weighted by atomic mass is 35.5. The van der Waals surface area contributed by atoms with Gasteiger partial charge in [0.25, 0.3) is 5.91 Å². The van der Waals surface area contributed by atoms with E-state index < -0.39 is 35.6 Å². The minimum atomic E-state index is -4.91. The Labute approximate surface area is 222 Å². The molecule has 3 aromatic heterocycles. The van der Waals surface area contributed by atoms with E-state index in [1.54, 1.807) is 24.4 Å². The maximum Gasteiger partial charge on any atom is 0.417 e. The second-order valence-electron chi connectivity index (χ2n) is 8.29. The molecular weight excluding hydrogens is 544 g/mol. The van der Waals surface area contributed by atoms with Crippen LogP contribution >= 0.6 is 11.8 Å². The summed E-state index contributed by atoms with van der Waals surface area (Å²) in [6.07, 6.45) is -3.35. The Balaban J connectivity index is 1.51. The molecule has 3 heterocycles. The molecule has 2 aromatic carbocycles. The molecule has 1 amide bonds. The van der Waals surface area contributed by atoms with Crippen LogP contribution in [0.2, 0.25) is 0 Å². The van der Waals surface area contributed by atoms with Crippen molar-refractivity contribution in [1.29, 1.82) is 0 Å². The summed E-state index contributed by atoms with van der Waals surface area (Å²) in [5.74, 6) is -1.77. The van der Waals surface area contributed by atoms with Crippen LogP contribution in [-0.2, 0) is 17.6 Å². The number of rotatable bonds is 7. The monoisotopic (exact) mass is 560 g/mol. The van der Waals surface area contributed by atoms with Crippen molar-refractivity contribution in [3.05, 3.63) is 83.3 Å². The average Bonchev–Trinajstić information content (AvgIpc) is 3.32. The van der Waals surface area contributed by atoms with Gasteiger partial charge in [-0.1, -0.05) is 17.3 Å².